The largest absolute Gasteiger partial charge is 0.508 e. The molecule has 84 valence electrons. The lowest BCUT2D eigenvalue weighted by molar-refractivity contribution is -0.147. The van der Waals surface area contributed by atoms with Crippen LogP contribution < -0.4 is 5.73 Å². The van der Waals surface area contributed by atoms with Gasteiger partial charge in [-0.3, -0.25) is 0 Å². The third-order valence-corrected chi connectivity index (χ3v) is 2.31. The number of aromatic hydroxyl groups is 1. The molecule has 0 saturated heterocycles. The molecule has 0 saturated carbocycles. The lowest BCUT2D eigenvalue weighted by Gasteiger charge is -2.24. The molecule has 0 aromatic heterocycles. The quantitative estimate of drug-likeness (QED) is 0.581. The maximum atomic E-state index is 11.6. The summed E-state index contributed by atoms with van der Waals surface area (Å²) in [6, 6.07) is 5.97. The van der Waals surface area contributed by atoms with E-state index in [1.54, 1.807) is 12.1 Å². The molecule has 0 aliphatic heterocycles. The molecular formula is C12H13NO3. The zero-order chi connectivity index (χ0) is 12.2. The molecule has 0 aliphatic rings. The highest BCUT2D eigenvalue weighted by Crippen LogP contribution is 2.25. The SMILES string of the molecule is C#CCC(N)(C(=O)OC)c1ccc(O)cc1. The van der Waals surface area contributed by atoms with Crippen molar-refractivity contribution < 1.29 is 14.6 Å². The first kappa shape index (κ1) is 12.1. The molecule has 1 aromatic carbocycles. The number of phenols is 1. The van der Waals surface area contributed by atoms with Gasteiger partial charge in [-0.15, -0.1) is 12.3 Å². The summed E-state index contributed by atoms with van der Waals surface area (Å²) in [5.41, 5.74) is 5.08. The first-order valence-corrected chi connectivity index (χ1v) is 4.65. The molecular weight excluding hydrogens is 206 g/mol. The zero-order valence-corrected chi connectivity index (χ0v) is 8.93. The van der Waals surface area contributed by atoms with Gasteiger partial charge in [-0.1, -0.05) is 12.1 Å². The van der Waals surface area contributed by atoms with E-state index in [-0.39, 0.29) is 12.2 Å². The molecule has 0 amide bonds. The van der Waals surface area contributed by atoms with Crippen LogP contribution in [0.5, 0.6) is 5.75 Å². The van der Waals surface area contributed by atoms with Crippen molar-refractivity contribution in [3.63, 3.8) is 0 Å². The van der Waals surface area contributed by atoms with E-state index in [0.717, 1.165) is 0 Å². The molecule has 0 radical (unpaired) electrons. The van der Waals surface area contributed by atoms with Gasteiger partial charge in [-0.25, -0.2) is 4.79 Å². The summed E-state index contributed by atoms with van der Waals surface area (Å²) in [5, 5.41) is 9.15. The molecule has 16 heavy (non-hydrogen) atoms. The number of terminal acetylenes is 1. The minimum atomic E-state index is -1.36. The predicted molar refractivity (Wildman–Crippen MR) is 59.4 cm³/mol. The first-order chi connectivity index (χ1) is 7.54. The van der Waals surface area contributed by atoms with Crippen LogP contribution in [-0.2, 0) is 15.1 Å². The van der Waals surface area contributed by atoms with Crippen molar-refractivity contribution in [1.82, 2.24) is 0 Å². The molecule has 3 N–H and O–H groups in total. The van der Waals surface area contributed by atoms with Crippen LogP contribution >= 0.6 is 0 Å². The van der Waals surface area contributed by atoms with Gasteiger partial charge in [0.15, 0.2) is 5.54 Å². The third kappa shape index (κ3) is 2.15. The lowest BCUT2D eigenvalue weighted by atomic mass is 9.88. The number of hydrogen-bond donors (Lipinski definition) is 2. The molecule has 0 fully saturated rings. The summed E-state index contributed by atoms with van der Waals surface area (Å²) >= 11 is 0. The topological polar surface area (TPSA) is 72.6 Å². The summed E-state index contributed by atoms with van der Waals surface area (Å²) in [7, 11) is 1.25. The highest BCUT2D eigenvalue weighted by Gasteiger charge is 2.36. The van der Waals surface area contributed by atoms with Gasteiger partial charge < -0.3 is 15.6 Å². The second kappa shape index (κ2) is 4.69. The van der Waals surface area contributed by atoms with Crippen molar-refractivity contribution in [3.05, 3.63) is 29.8 Å². The van der Waals surface area contributed by atoms with E-state index in [9.17, 15) is 4.79 Å². The number of esters is 1. The average molecular weight is 219 g/mol. The fourth-order valence-electron chi connectivity index (χ4n) is 1.39. The highest BCUT2D eigenvalue weighted by atomic mass is 16.5. The van der Waals surface area contributed by atoms with E-state index in [2.05, 4.69) is 10.7 Å². The highest BCUT2D eigenvalue weighted by molar-refractivity contribution is 5.82. The molecule has 1 aromatic rings. The zero-order valence-electron chi connectivity index (χ0n) is 8.93. The number of carbonyl (C=O) groups excluding carboxylic acids is 1. The van der Waals surface area contributed by atoms with Crippen LogP contribution in [0.3, 0.4) is 0 Å². The molecule has 0 aliphatic carbocycles. The predicted octanol–water partition coefficient (Wildman–Crippen LogP) is 0.742. The van der Waals surface area contributed by atoms with Crippen molar-refractivity contribution in [2.24, 2.45) is 5.73 Å². The van der Waals surface area contributed by atoms with Crippen LogP contribution in [0.15, 0.2) is 24.3 Å². The monoisotopic (exact) mass is 219 g/mol. The van der Waals surface area contributed by atoms with Crippen LogP contribution in [-0.4, -0.2) is 18.2 Å². The molecule has 0 heterocycles. The van der Waals surface area contributed by atoms with Crippen molar-refractivity contribution in [2.45, 2.75) is 12.0 Å². The Hall–Kier alpha value is -1.99. The number of carbonyl (C=O) groups is 1. The average Bonchev–Trinajstić information content (AvgIpc) is 2.29. The van der Waals surface area contributed by atoms with Gasteiger partial charge in [0.1, 0.15) is 5.75 Å². The van der Waals surface area contributed by atoms with Crippen molar-refractivity contribution in [3.8, 4) is 18.1 Å². The van der Waals surface area contributed by atoms with E-state index < -0.39 is 11.5 Å². The number of methoxy groups -OCH3 is 1. The second-order valence-electron chi connectivity index (χ2n) is 3.39. The van der Waals surface area contributed by atoms with Gasteiger partial charge in [0.25, 0.3) is 0 Å². The van der Waals surface area contributed by atoms with Crippen LogP contribution in [0.4, 0.5) is 0 Å². The Kier molecular flexibility index (Phi) is 3.54. The molecule has 4 nitrogen and oxygen atoms in total. The number of phenolic OH excluding ortho intramolecular Hbond substituents is 1. The summed E-state index contributed by atoms with van der Waals surface area (Å²) in [6.07, 6.45) is 5.22. The van der Waals surface area contributed by atoms with Crippen LogP contribution in [0.1, 0.15) is 12.0 Å². The molecule has 4 heteroatoms. The molecule has 0 bridgehead atoms. The van der Waals surface area contributed by atoms with Gasteiger partial charge in [-0.05, 0) is 17.7 Å². The van der Waals surface area contributed by atoms with Gasteiger partial charge in [0.05, 0.1) is 7.11 Å². The fraction of sp³-hybridized carbons (Fsp3) is 0.250. The van der Waals surface area contributed by atoms with Crippen LogP contribution in [0.25, 0.3) is 0 Å². The van der Waals surface area contributed by atoms with Crippen molar-refractivity contribution >= 4 is 5.97 Å². The Bertz CT molecular complexity index is 419. The Labute approximate surface area is 94.0 Å². The molecule has 0 spiro atoms. The number of hydrogen-bond acceptors (Lipinski definition) is 4. The van der Waals surface area contributed by atoms with Crippen molar-refractivity contribution in [2.75, 3.05) is 7.11 Å². The fourth-order valence-corrected chi connectivity index (χ4v) is 1.39. The van der Waals surface area contributed by atoms with Crippen molar-refractivity contribution in [1.29, 1.82) is 0 Å². The van der Waals surface area contributed by atoms with Gasteiger partial charge in [-0.2, -0.15) is 0 Å². The maximum Gasteiger partial charge on any atom is 0.331 e. The summed E-state index contributed by atoms with van der Waals surface area (Å²) < 4.78 is 4.63. The normalized spacial score (nSPS) is 13.6. The summed E-state index contributed by atoms with van der Waals surface area (Å²) in [4.78, 5) is 11.6. The number of benzene rings is 1. The number of ether oxygens (including phenoxy) is 1. The Morgan fingerprint density at radius 2 is 2.12 bits per heavy atom. The minimum Gasteiger partial charge on any atom is -0.508 e. The first-order valence-electron chi connectivity index (χ1n) is 4.65. The van der Waals surface area contributed by atoms with Crippen LogP contribution in [0.2, 0.25) is 0 Å². The summed E-state index contributed by atoms with van der Waals surface area (Å²) in [6.45, 7) is 0. The summed E-state index contributed by atoms with van der Waals surface area (Å²) in [5.74, 6) is 1.84. The Morgan fingerprint density at radius 3 is 2.56 bits per heavy atom. The molecule has 1 unspecified atom stereocenters. The maximum absolute atomic E-state index is 11.6. The lowest BCUT2D eigenvalue weighted by Crippen LogP contribution is -2.45. The van der Waals surface area contributed by atoms with E-state index in [1.165, 1.54) is 19.2 Å². The third-order valence-electron chi connectivity index (χ3n) is 2.31. The van der Waals surface area contributed by atoms with Gasteiger partial charge in [0, 0.05) is 6.42 Å². The van der Waals surface area contributed by atoms with Gasteiger partial charge in [0.2, 0.25) is 0 Å². The smallest absolute Gasteiger partial charge is 0.331 e. The number of nitrogens with two attached hydrogens (primary N) is 1. The van der Waals surface area contributed by atoms with Gasteiger partial charge >= 0.3 is 5.97 Å². The number of rotatable bonds is 3. The minimum absolute atomic E-state index is 0.0322. The van der Waals surface area contributed by atoms with E-state index in [4.69, 9.17) is 17.3 Å². The Balaban J connectivity index is 3.16. The molecule has 1 rings (SSSR count). The van der Waals surface area contributed by atoms with E-state index in [0.29, 0.717) is 5.56 Å². The Morgan fingerprint density at radius 1 is 1.56 bits per heavy atom. The second-order valence-corrected chi connectivity index (χ2v) is 3.39. The standard InChI is InChI=1S/C12H13NO3/c1-3-8-12(13,11(15)16-2)9-4-6-10(14)7-5-9/h1,4-7,14H,8,13H2,2H3. The molecule has 1 atom stereocenters. The van der Waals surface area contributed by atoms with Crippen LogP contribution in [0, 0.1) is 12.3 Å². The van der Waals surface area contributed by atoms with E-state index in [1.807, 2.05) is 0 Å². The van der Waals surface area contributed by atoms with E-state index >= 15 is 0 Å².